The number of pyridine rings is 1. The van der Waals surface area contributed by atoms with Gasteiger partial charge in [-0.25, -0.2) is 13.8 Å². The van der Waals surface area contributed by atoms with Crippen LogP contribution in [0.1, 0.15) is 40.3 Å². The standard InChI is InChI=1S/C21H20F2N4O2/c22-16-2-1-15(18(23)9-16)11-27(17-3-4-17)12-20-26-19(13-29-20)21(28)25-10-14-5-7-24-8-6-14/h1-2,5-9,13,17H,3-4,10-12H2,(H,25,28). The van der Waals surface area contributed by atoms with Crippen LogP contribution < -0.4 is 5.32 Å². The number of carbonyl (C=O) groups is 1. The smallest absolute Gasteiger partial charge is 0.273 e. The van der Waals surface area contributed by atoms with Crippen LogP contribution in [0.4, 0.5) is 8.78 Å². The van der Waals surface area contributed by atoms with Crippen molar-refractivity contribution in [3.8, 4) is 0 Å². The molecule has 0 bridgehead atoms. The highest BCUT2D eigenvalue weighted by atomic mass is 19.1. The van der Waals surface area contributed by atoms with Gasteiger partial charge in [0.15, 0.2) is 5.69 Å². The van der Waals surface area contributed by atoms with Crippen LogP contribution in [0, 0.1) is 11.6 Å². The van der Waals surface area contributed by atoms with Crippen LogP contribution in [0.15, 0.2) is 53.4 Å². The van der Waals surface area contributed by atoms with Gasteiger partial charge in [-0.3, -0.25) is 14.7 Å². The first kappa shape index (κ1) is 19.2. The highest BCUT2D eigenvalue weighted by molar-refractivity contribution is 5.91. The highest BCUT2D eigenvalue weighted by Gasteiger charge is 2.30. The Morgan fingerprint density at radius 2 is 1.97 bits per heavy atom. The maximum absolute atomic E-state index is 14.0. The second kappa shape index (κ2) is 8.48. The third kappa shape index (κ3) is 5.03. The van der Waals surface area contributed by atoms with E-state index in [-0.39, 0.29) is 11.6 Å². The zero-order chi connectivity index (χ0) is 20.2. The third-order valence-corrected chi connectivity index (χ3v) is 4.78. The Morgan fingerprint density at radius 1 is 1.17 bits per heavy atom. The number of halogens is 2. The molecule has 0 atom stereocenters. The molecule has 0 saturated heterocycles. The molecule has 6 nitrogen and oxygen atoms in total. The molecular weight excluding hydrogens is 378 g/mol. The Morgan fingerprint density at radius 3 is 2.69 bits per heavy atom. The molecule has 0 radical (unpaired) electrons. The Hall–Kier alpha value is -3.13. The number of amides is 1. The van der Waals surface area contributed by atoms with Gasteiger partial charge in [-0.1, -0.05) is 6.07 Å². The van der Waals surface area contributed by atoms with Gasteiger partial charge in [-0.15, -0.1) is 0 Å². The Bertz CT molecular complexity index is 989. The largest absolute Gasteiger partial charge is 0.447 e. The minimum Gasteiger partial charge on any atom is -0.447 e. The van der Waals surface area contributed by atoms with E-state index in [9.17, 15) is 13.6 Å². The lowest BCUT2D eigenvalue weighted by Gasteiger charge is -2.20. The van der Waals surface area contributed by atoms with E-state index in [2.05, 4.69) is 15.3 Å². The second-order valence-corrected chi connectivity index (χ2v) is 7.04. The summed E-state index contributed by atoms with van der Waals surface area (Å²) in [6, 6.07) is 7.52. The average molecular weight is 398 g/mol. The van der Waals surface area contributed by atoms with E-state index in [0.717, 1.165) is 24.5 Å². The van der Waals surface area contributed by atoms with Crippen LogP contribution in [0.25, 0.3) is 0 Å². The number of oxazole rings is 1. The molecule has 2 aromatic heterocycles. The summed E-state index contributed by atoms with van der Waals surface area (Å²) in [5.41, 5.74) is 1.54. The van der Waals surface area contributed by atoms with Gasteiger partial charge in [-0.2, -0.15) is 0 Å². The summed E-state index contributed by atoms with van der Waals surface area (Å²) in [6.07, 6.45) is 6.64. The molecule has 1 N–H and O–H groups in total. The SMILES string of the molecule is O=C(NCc1ccncc1)c1coc(CN(Cc2ccc(F)cc2F)C2CC2)n1. The van der Waals surface area contributed by atoms with E-state index >= 15 is 0 Å². The molecular formula is C21H20F2N4O2. The number of hydrogen-bond donors (Lipinski definition) is 1. The zero-order valence-corrected chi connectivity index (χ0v) is 15.6. The van der Waals surface area contributed by atoms with Gasteiger partial charge in [0.2, 0.25) is 5.89 Å². The van der Waals surface area contributed by atoms with Gasteiger partial charge >= 0.3 is 0 Å². The second-order valence-electron chi connectivity index (χ2n) is 7.04. The van der Waals surface area contributed by atoms with Crippen molar-refractivity contribution in [1.29, 1.82) is 0 Å². The lowest BCUT2D eigenvalue weighted by atomic mass is 10.2. The first-order chi connectivity index (χ1) is 14.1. The molecule has 1 saturated carbocycles. The molecule has 150 valence electrons. The summed E-state index contributed by atoms with van der Waals surface area (Å²) in [5, 5.41) is 2.78. The summed E-state index contributed by atoms with van der Waals surface area (Å²) in [7, 11) is 0. The molecule has 0 unspecified atom stereocenters. The van der Waals surface area contributed by atoms with E-state index in [1.165, 1.54) is 18.4 Å². The summed E-state index contributed by atoms with van der Waals surface area (Å²) in [6.45, 7) is 1.03. The van der Waals surface area contributed by atoms with Crippen LogP contribution in [-0.2, 0) is 19.6 Å². The fourth-order valence-corrected chi connectivity index (χ4v) is 3.06. The molecule has 3 aromatic rings. The van der Waals surface area contributed by atoms with E-state index in [0.29, 0.717) is 37.1 Å². The maximum atomic E-state index is 14.0. The van der Waals surface area contributed by atoms with Crippen molar-refractivity contribution in [2.45, 2.75) is 38.5 Å². The van der Waals surface area contributed by atoms with Gasteiger partial charge in [0.1, 0.15) is 17.9 Å². The quantitative estimate of drug-likeness (QED) is 0.629. The van der Waals surface area contributed by atoms with Crippen molar-refractivity contribution < 1.29 is 18.0 Å². The van der Waals surface area contributed by atoms with Gasteiger partial charge in [-0.05, 0) is 36.6 Å². The number of nitrogens with one attached hydrogen (secondary N) is 1. The van der Waals surface area contributed by atoms with Gasteiger partial charge in [0, 0.05) is 43.2 Å². The van der Waals surface area contributed by atoms with Crippen molar-refractivity contribution >= 4 is 5.91 Å². The molecule has 1 fully saturated rings. The monoisotopic (exact) mass is 398 g/mol. The number of rotatable bonds is 8. The van der Waals surface area contributed by atoms with Crippen molar-refractivity contribution in [1.82, 2.24) is 20.2 Å². The minimum atomic E-state index is -0.598. The predicted octanol–water partition coefficient (Wildman–Crippen LogP) is 3.44. The average Bonchev–Trinajstić information content (AvgIpc) is 3.47. The number of hydrogen-bond acceptors (Lipinski definition) is 5. The minimum absolute atomic E-state index is 0.192. The lowest BCUT2D eigenvalue weighted by Crippen LogP contribution is -2.26. The molecule has 8 heteroatoms. The molecule has 0 spiro atoms. The van der Waals surface area contributed by atoms with Crippen LogP contribution in [-0.4, -0.2) is 26.8 Å². The summed E-state index contributed by atoms with van der Waals surface area (Å²) in [4.78, 5) is 22.5. The fraction of sp³-hybridized carbons (Fsp3) is 0.286. The molecule has 1 aliphatic rings. The Labute approximate surface area is 166 Å². The number of nitrogens with zero attached hydrogens (tertiary/aromatic N) is 3. The topological polar surface area (TPSA) is 71.3 Å². The van der Waals surface area contributed by atoms with Crippen molar-refractivity contribution in [2.24, 2.45) is 0 Å². The molecule has 0 aliphatic heterocycles. The molecule has 1 aromatic carbocycles. The molecule has 1 aliphatic carbocycles. The van der Waals surface area contributed by atoms with E-state index < -0.39 is 11.6 Å². The summed E-state index contributed by atoms with van der Waals surface area (Å²) in [5.74, 6) is -1.12. The van der Waals surface area contributed by atoms with Gasteiger partial charge in [0.05, 0.1) is 6.54 Å². The molecule has 4 rings (SSSR count). The van der Waals surface area contributed by atoms with E-state index in [4.69, 9.17) is 4.42 Å². The third-order valence-electron chi connectivity index (χ3n) is 4.78. The summed E-state index contributed by atoms with van der Waals surface area (Å²) < 4.78 is 32.6. The van der Waals surface area contributed by atoms with Crippen LogP contribution in [0.2, 0.25) is 0 Å². The molecule has 1 amide bonds. The summed E-state index contributed by atoms with van der Waals surface area (Å²) >= 11 is 0. The molecule has 2 heterocycles. The zero-order valence-electron chi connectivity index (χ0n) is 15.6. The van der Waals surface area contributed by atoms with Gasteiger partial charge in [0.25, 0.3) is 5.91 Å². The first-order valence-electron chi connectivity index (χ1n) is 9.38. The number of aromatic nitrogens is 2. The normalized spacial score (nSPS) is 13.6. The Balaban J connectivity index is 1.38. The lowest BCUT2D eigenvalue weighted by molar-refractivity contribution is 0.0945. The number of carbonyl (C=O) groups excluding carboxylic acids is 1. The van der Waals surface area contributed by atoms with E-state index in [1.54, 1.807) is 12.4 Å². The Kier molecular flexibility index (Phi) is 5.62. The van der Waals surface area contributed by atoms with Crippen molar-refractivity contribution in [3.05, 3.63) is 83.3 Å². The van der Waals surface area contributed by atoms with E-state index in [1.807, 2.05) is 17.0 Å². The predicted molar refractivity (Wildman–Crippen MR) is 101 cm³/mol. The maximum Gasteiger partial charge on any atom is 0.273 e. The highest BCUT2D eigenvalue weighted by Crippen LogP contribution is 2.30. The van der Waals surface area contributed by atoms with Crippen LogP contribution in [0.3, 0.4) is 0 Å². The van der Waals surface area contributed by atoms with Gasteiger partial charge < -0.3 is 9.73 Å². The van der Waals surface area contributed by atoms with Crippen LogP contribution in [0.5, 0.6) is 0 Å². The fourth-order valence-electron chi connectivity index (χ4n) is 3.06. The molecule has 29 heavy (non-hydrogen) atoms. The van der Waals surface area contributed by atoms with Crippen molar-refractivity contribution in [2.75, 3.05) is 0 Å². The first-order valence-corrected chi connectivity index (χ1v) is 9.38. The number of benzene rings is 1. The van der Waals surface area contributed by atoms with Crippen molar-refractivity contribution in [3.63, 3.8) is 0 Å². The van der Waals surface area contributed by atoms with Crippen LogP contribution >= 0.6 is 0 Å².